The van der Waals surface area contributed by atoms with Crippen LogP contribution in [0.5, 0.6) is 5.75 Å². The highest BCUT2D eigenvalue weighted by Crippen LogP contribution is 2.49. The number of ether oxygens (including phenoxy) is 2. The number of fused-ring (bicyclic) bond motifs is 3. The predicted octanol–water partition coefficient (Wildman–Crippen LogP) is 5.44. The van der Waals surface area contributed by atoms with E-state index in [1.807, 2.05) is 6.07 Å². The van der Waals surface area contributed by atoms with Crippen LogP contribution in [0.2, 0.25) is 0 Å². The number of rotatable bonds is 6. The smallest absolute Gasteiger partial charge is 0.414 e. The van der Waals surface area contributed by atoms with Gasteiger partial charge in [0.15, 0.2) is 0 Å². The zero-order chi connectivity index (χ0) is 23.9. The topological polar surface area (TPSA) is 54.8 Å². The van der Waals surface area contributed by atoms with Crippen molar-refractivity contribution in [3.05, 3.63) is 22.7 Å². The minimum Gasteiger partial charge on any atom is -0.490 e. The molecule has 2 aliphatic carbocycles. The summed E-state index contributed by atoms with van der Waals surface area (Å²) in [4.78, 5) is 8.99. The number of aliphatic hydroxyl groups is 1. The van der Waals surface area contributed by atoms with Crippen LogP contribution in [0.4, 0.5) is 13.2 Å². The summed E-state index contributed by atoms with van der Waals surface area (Å²) in [6.07, 6.45) is 1.13. The predicted molar refractivity (Wildman–Crippen MR) is 126 cm³/mol. The van der Waals surface area contributed by atoms with E-state index in [2.05, 4.69) is 16.8 Å². The van der Waals surface area contributed by atoms with Gasteiger partial charge in [-0.2, -0.15) is 13.2 Å². The van der Waals surface area contributed by atoms with Crippen LogP contribution in [0.1, 0.15) is 68.2 Å². The normalized spacial score (nSPS) is 29.3. The van der Waals surface area contributed by atoms with E-state index in [-0.39, 0.29) is 24.0 Å². The number of alkyl halides is 3. The molecule has 2 fully saturated rings. The first-order valence-corrected chi connectivity index (χ1v) is 13.3. The molecule has 34 heavy (non-hydrogen) atoms. The largest absolute Gasteiger partial charge is 0.490 e. The van der Waals surface area contributed by atoms with Crippen LogP contribution < -0.4 is 4.74 Å². The third-order valence-electron chi connectivity index (χ3n) is 8.18. The highest BCUT2D eigenvalue weighted by Gasteiger charge is 2.43. The van der Waals surface area contributed by atoms with Gasteiger partial charge < -0.3 is 14.6 Å². The van der Waals surface area contributed by atoms with Crippen LogP contribution >= 0.6 is 11.3 Å². The highest BCUT2D eigenvalue weighted by atomic mass is 32.1. The Morgan fingerprint density at radius 3 is 2.68 bits per heavy atom. The Labute approximate surface area is 202 Å². The van der Waals surface area contributed by atoms with E-state index in [1.54, 1.807) is 17.5 Å². The van der Waals surface area contributed by atoms with Gasteiger partial charge in [0, 0.05) is 29.7 Å². The van der Waals surface area contributed by atoms with E-state index < -0.39 is 12.3 Å². The zero-order valence-electron chi connectivity index (χ0n) is 19.6. The molecule has 1 N–H and O–H groups in total. The summed E-state index contributed by atoms with van der Waals surface area (Å²) in [5.41, 5.74) is 1.12. The third-order valence-corrected chi connectivity index (χ3v) is 9.35. The molecule has 0 amide bonds. The van der Waals surface area contributed by atoms with Crippen molar-refractivity contribution < 1.29 is 27.8 Å². The lowest BCUT2D eigenvalue weighted by molar-refractivity contribution is -0.206. The van der Waals surface area contributed by atoms with Gasteiger partial charge in [-0.05, 0) is 68.9 Å². The van der Waals surface area contributed by atoms with E-state index in [0.717, 1.165) is 91.2 Å². The number of thiophene rings is 1. The molecular weight excluding hydrogens is 465 g/mol. The molecule has 0 spiro atoms. The van der Waals surface area contributed by atoms with Crippen molar-refractivity contribution in [2.75, 3.05) is 26.3 Å². The molecule has 0 unspecified atom stereocenters. The molecular formula is C25H33F3N2O3S. The molecule has 2 atom stereocenters. The van der Waals surface area contributed by atoms with Crippen molar-refractivity contribution in [3.63, 3.8) is 0 Å². The number of aliphatic hydroxyl groups excluding tert-OH is 1. The summed E-state index contributed by atoms with van der Waals surface area (Å²) in [6, 6.07) is 1.86. The molecule has 1 aliphatic heterocycles. The van der Waals surface area contributed by atoms with E-state index in [9.17, 15) is 18.3 Å². The number of pyridine rings is 1. The second-order valence-corrected chi connectivity index (χ2v) is 11.0. The summed E-state index contributed by atoms with van der Waals surface area (Å²) in [5, 5.41) is 10.6. The Bertz CT molecular complexity index is 997. The van der Waals surface area contributed by atoms with E-state index in [1.165, 1.54) is 0 Å². The number of morpholine rings is 1. The van der Waals surface area contributed by atoms with Gasteiger partial charge in [-0.3, -0.25) is 4.90 Å². The lowest BCUT2D eigenvalue weighted by Crippen LogP contribution is -2.55. The van der Waals surface area contributed by atoms with E-state index in [4.69, 9.17) is 9.47 Å². The van der Waals surface area contributed by atoms with Gasteiger partial charge in [0.25, 0.3) is 0 Å². The molecule has 0 aromatic carbocycles. The molecule has 5 nitrogen and oxygen atoms in total. The summed E-state index contributed by atoms with van der Waals surface area (Å²) >= 11 is 1.55. The minimum atomic E-state index is -4.60. The standard InChI is InChI=1S/C25H33F3N2O3S/c1-2-24(30-11-13-32-14-12-30)8-5-17(6-9-24)33-18-7-10-29-23-22(18)21-16(3-4-19(21)34-23)15-20(31)25(26,27)28/h7,10,16-17,20,31H,2-6,8-9,11-15H2,1H3/t16-,17?,20+,24?/m1/s1. The van der Waals surface area contributed by atoms with Crippen LogP contribution in [0.15, 0.2) is 12.3 Å². The number of aryl methyl sites for hydroxylation is 1. The molecule has 1 saturated carbocycles. The van der Waals surface area contributed by atoms with Crippen molar-refractivity contribution in [2.24, 2.45) is 0 Å². The van der Waals surface area contributed by atoms with Gasteiger partial charge in [0.2, 0.25) is 0 Å². The van der Waals surface area contributed by atoms with Crippen LogP contribution in [-0.2, 0) is 11.2 Å². The number of hydrogen-bond acceptors (Lipinski definition) is 6. The second-order valence-electron chi connectivity index (χ2n) is 9.95. The first kappa shape index (κ1) is 24.3. The summed E-state index contributed by atoms with van der Waals surface area (Å²) in [6.45, 7) is 5.83. The maximum atomic E-state index is 13.0. The fourth-order valence-corrected chi connectivity index (χ4v) is 7.48. The fourth-order valence-electron chi connectivity index (χ4n) is 6.22. The molecule has 3 heterocycles. The molecule has 9 heteroatoms. The maximum absolute atomic E-state index is 13.0. The molecule has 0 bridgehead atoms. The molecule has 2 aromatic heterocycles. The molecule has 5 rings (SSSR count). The fraction of sp³-hybridized carbons (Fsp3) is 0.720. The average molecular weight is 499 g/mol. The Morgan fingerprint density at radius 1 is 1.26 bits per heavy atom. The first-order chi connectivity index (χ1) is 16.3. The lowest BCUT2D eigenvalue weighted by atomic mass is 9.77. The summed E-state index contributed by atoms with van der Waals surface area (Å²) < 4.78 is 51.2. The van der Waals surface area contributed by atoms with Gasteiger partial charge in [-0.15, -0.1) is 11.3 Å². The third kappa shape index (κ3) is 4.56. The Kier molecular flexibility index (Phi) is 6.83. The zero-order valence-corrected chi connectivity index (χ0v) is 20.4. The van der Waals surface area contributed by atoms with Crippen molar-refractivity contribution in [1.82, 2.24) is 9.88 Å². The Hall–Kier alpha value is -1.42. The van der Waals surface area contributed by atoms with Crippen LogP contribution in [0.3, 0.4) is 0 Å². The number of aromatic nitrogens is 1. The van der Waals surface area contributed by atoms with Gasteiger partial charge in [-0.25, -0.2) is 4.98 Å². The van der Waals surface area contributed by atoms with Gasteiger partial charge >= 0.3 is 6.18 Å². The highest BCUT2D eigenvalue weighted by molar-refractivity contribution is 7.19. The number of nitrogens with zero attached hydrogens (tertiary/aromatic N) is 2. The molecule has 188 valence electrons. The second kappa shape index (κ2) is 9.56. The molecule has 3 aliphatic rings. The number of halogens is 3. The molecule has 1 saturated heterocycles. The van der Waals surface area contributed by atoms with Crippen LogP contribution in [0, 0.1) is 0 Å². The van der Waals surface area contributed by atoms with Crippen LogP contribution in [0.25, 0.3) is 10.2 Å². The van der Waals surface area contributed by atoms with Crippen LogP contribution in [-0.4, -0.2) is 65.2 Å². The van der Waals surface area contributed by atoms with Crippen molar-refractivity contribution in [2.45, 2.75) is 88.1 Å². The summed E-state index contributed by atoms with van der Waals surface area (Å²) in [5.74, 6) is 0.406. The van der Waals surface area contributed by atoms with E-state index >= 15 is 0 Å². The molecule has 0 radical (unpaired) electrons. The first-order valence-electron chi connectivity index (χ1n) is 12.5. The monoisotopic (exact) mass is 498 g/mol. The number of hydrogen-bond donors (Lipinski definition) is 1. The van der Waals surface area contributed by atoms with Crippen molar-refractivity contribution in [1.29, 1.82) is 0 Å². The van der Waals surface area contributed by atoms with E-state index in [0.29, 0.717) is 6.42 Å². The van der Waals surface area contributed by atoms with Crippen molar-refractivity contribution in [3.8, 4) is 5.75 Å². The lowest BCUT2D eigenvalue weighted by Gasteiger charge is -2.49. The van der Waals surface area contributed by atoms with Gasteiger partial charge in [-0.1, -0.05) is 6.92 Å². The maximum Gasteiger partial charge on any atom is 0.414 e. The Morgan fingerprint density at radius 2 is 2.00 bits per heavy atom. The molecule has 2 aromatic rings. The Balaban J connectivity index is 1.33. The summed E-state index contributed by atoms with van der Waals surface area (Å²) in [7, 11) is 0. The average Bonchev–Trinajstić information content (AvgIpc) is 3.40. The van der Waals surface area contributed by atoms with Crippen molar-refractivity contribution >= 4 is 21.6 Å². The quantitative estimate of drug-likeness (QED) is 0.575. The van der Waals surface area contributed by atoms with Gasteiger partial charge in [0.05, 0.1) is 24.7 Å². The SMILES string of the molecule is CCC1(N2CCOCC2)CCC(Oc2ccnc3sc4c(c23)[C@@H](C[C@H](O)C(F)(F)F)CC4)CC1. The van der Waals surface area contributed by atoms with Gasteiger partial charge in [0.1, 0.15) is 16.7 Å². The minimum absolute atomic E-state index is 0.0856.